The number of ether oxygens (including phenoxy) is 3. The van der Waals surface area contributed by atoms with E-state index in [1.54, 1.807) is 30.3 Å². The molecule has 2 aliphatic rings. The van der Waals surface area contributed by atoms with Crippen molar-refractivity contribution in [3.63, 3.8) is 0 Å². The highest BCUT2D eigenvalue weighted by Gasteiger charge is 2.62. The molecule has 6 atom stereocenters. The fourth-order valence-electron chi connectivity index (χ4n) is 4.24. The Morgan fingerprint density at radius 1 is 1.32 bits per heavy atom. The molecule has 1 aromatic heterocycles. The molecule has 0 unspecified atom stereocenters. The second-order valence-electron chi connectivity index (χ2n) is 9.11. The van der Waals surface area contributed by atoms with Crippen LogP contribution in [0.5, 0.6) is 5.75 Å². The number of aliphatic hydroxyl groups excluding tert-OH is 1. The number of benzene rings is 1. The number of aromatic amines is 1. The van der Waals surface area contributed by atoms with Crippen LogP contribution < -0.4 is 20.9 Å². The number of aromatic nitrogens is 2. The highest BCUT2D eigenvalue weighted by molar-refractivity contribution is 7.52. The van der Waals surface area contributed by atoms with Gasteiger partial charge in [-0.05, 0) is 25.5 Å². The molecule has 2 aliphatic heterocycles. The van der Waals surface area contributed by atoms with Crippen molar-refractivity contribution >= 4 is 13.7 Å². The van der Waals surface area contributed by atoms with Gasteiger partial charge < -0.3 is 23.8 Å². The number of nitrogens with one attached hydrogen (secondary N) is 2. The third-order valence-corrected chi connectivity index (χ3v) is 8.01. The quantitative estimate of drug-likeness (QED) is 0.198. The van der Waals surface area contributed by atoms with Crippen LogP contribution in [0.3, 0.4) is 0 Å². The first kappa shape index (κ1) is 28.2. The highest BCUT2D eigenvalue weighted by atomic mass is 31.2. The van der Waals surface area contributed by atoms with Gasteiger partial charge in [0.05, 0.1) is 19.8 Å². The third-order valence-electron chi connectivity index (χ3n) is 6.37. The van der Waals surface area contributed by atoms with Gasteiger partial charge in [-0.3, -0.25) is 23.7 Å². The van der Waals surface area contributed by atoms with Crippen LogP contribution in [0.1, 0.15) is 39.3 Å². The molecule has 4 rings (SSSR count). The summed E-state index contributed by atoms with van der Waals surface area (Å²) in [6.07, 6.45) is -0.261. The molecule has 0 aliphatic carbocycles. The molecule has 3 N–H and O–H groups in total. The van der Waals surface area contributed by atoms with Gasteiger partial charge in [0.2, 0.25) is 0 Å². The Morgan fingerprint density at radius 2 is 2.05 bits per heavy atom. The van der Waals surface area contributed by atoms with E-state index in [2.05, 4.69) is 10.1 Å². The average Bonchev–Trinajstić information content (AvgIpc) is 3.15. The van der Waals surface area contributed by atoms with Gasteiger partial charge >= 0.3 is 19.4 Å². The van der Waals surface area contributed by atoms with Crippen molar-refractivity contribution in [2.24, 2.45) is 0 Å². The van der Waals surface area contributed by atoms with Crippen molar-refractivity contribution in [2.75, 3.05) is 19.8 Å². The summed E-state index contributed by atoms with van der Waals surface area (Å²) in [5.74, 6) is -0.408. The van der Waals surface area contributed by atoms with Crippen LogP contribution in [0.4, 0.5) is 0 Å². The summed E-state index contributed by atoms with van der Waals surface area (Å²) in [4.78, 5) is 38.5. The minimum Gasteiger partial charge on any atom is -0.465 e. The lowest BCUT2D eigenvalue weighted by Gasteiger charge is -2.44. The molecule has 208 valence electrons. The third kappa shape index (κ3) is 6.09. The van der Waals surface area contributed by atoms with E-state index in [-0.39, 0.29) is 12.4 Å². The second-order valence-corrected chi connectivity index (χ2v) is 10.8. The first-order valence-electron chi connectivity index (χ1n) is 12.4. The van der Waals surface area contributed by atoms with Crippen molar-refractivity contribution in [1.29, 1.82) is 0 Å². The van der Waals surface area contributed by atoms with Crippen LogP contribution in [0, 0.1) is 0 Å². The molecule has 1 spiro atoms. The normalized spacial score (nSPS) is 26.9. The molecule has 0 saturated carbocycles. The zero-order valence-corrected chi connectivity index (χ0v) is 22.0. The Bertz CT molecular complexity index is 1260. The van der Waals surface area contributed by atoms with E-state index in [0.29, 0.717) is 19.4 Å². The maximum absolute atomic E-state index is 13.8. The van der Waals surface area contributed by atoms with Gasteiger partial charge in [-0.2, -0.15) is 5.09 Å². The minimum atomic E-state index is -4.21. The maximum atomic E-state index is 13.8. The van der Waals surface area contributed by atoms with Crippen LogP contribution in [0.25, 0.3) is 0 Å². The van der Waals surface area contributed by atoms with E-state index in [4.69, 9.17) is 23.3 Å². The first-order valence-corrected chi connectivity index (χ1v) is 13.9. The van der Waals surface area contributed by atoms with Gasteiger partial charge in [0, 0.05) is 18.7 Å². The fraction of sp³-hybridized carbons (Fsp3) is 0.542. The van der Waals surface area contributed by atoms with Gasteiger partial charge in [0.15, 0.2) is 6.23 Å². The number of unbranched alkanes of at least 4 members (excludes halogenated alkanes) is 1. The van der Waals surface area contributed by atoms with E-state index >= 15 is 0 Å². The molecule has 3 heterocycles. The van der Waals surface area contributed by atoms with Crippen molar-refractivity contribution in [3.8, 4) is 5.75 Å². The fourth-order valence-corrected chi connectivity index (χ4v) is 5.74. The smallest absolute Gasteiger partial charge is 0.459 e. The monoisotopic (exact) mass is 553 g/mol. The first-order chi connectivity index (χ1) is 18.2. The van der Waals surface area contributed by atoms with E-state index in [0.717, 1.165) is 17.1 Å². The number of hydrogen-bond donors (Lipinski definition) is 3. The molecule has 1 aromatic carbocycles. The number of para-hydroxylation sites is 1. The summed E-state index contributed by atoms with van der Waals surface area (Å²) in [7, 11) is -4.21. The summed E-state index contributed by atoms with van der Waals surface area (Å²) in [5.41, 5.74) is -2.58. The molecule has 38 heavy (non-hydrogen) atoms. The predicted octanol–water partition coefficient (Wildman–Crippen LogP) is 1.48. The number of carbonyl (C=O) groups is 1. The lowest BCUT2D eigenvalue weighted by Crippen LogP contribution is -2.57. The Morgan fingerprint density at radius 3 is 2.68 bits per heavy atom. The number of rotatable bonds is 12. The molecule has 13 nitrogen and oxygen atoms in total. The molecular weight excluding hydrogens is 521 g/mol. The topological polar surface area (TPSA) is 167 Å². The summed E-state index contributed by atoms with van der Waals surface area (Å²) in [6.45, 7) is 3.55. The standard InChI is InChI=1S/C24H32N3O10P/c1-3-4-13-33-21(30)16(2)26-38(32,37-17-8-6-5-7-9-17)35-15-18-20(29)24(11-14-34-24)22(36-18)27-12-10-19(28)25-23(27)31/h5-10,12,16,18,20,22,29H,3-4,11,13-15H2,1-2H3,(H,26,32)(H,25,28,31)/t16-,18+,20+,22+,24+,38-/m0/s1. The van der Waals surface area contributed by atoms with Crippen molar-refractivity contribution in [1.82, 2.24) is 14.6 Å². The summed E-state index contributed by atoms with van der Waals surface area (Å²) in [5, 5.41) is 13.7. The van der Waals surface area contributed by atoms with Crippen LogP contribution in [0.15, 0.2) is 52.2 Å². The van der Waals surface area contributed by atoms with Gasteiger partial charge in [-0.1, -0.05) is 31.5 Å². The zero-order chi connectivity index (χ0) is 27.3. The number of nitrogens with zero attached hydrogens (tertiary/aromatic N) is 1. The van der Waals surface area contributed by atoms with Gasteiger partial charge in [0.25, 0.3) is 5.56 Å². The average molecular weight is 554 g/mol. The van der Waals surface area contributed by atoms with Crippen molar-refractivity contribution in [2.45, 2.75) is 63.2 Å². The van der Waals surface area contributed by atoms with E-state index < -0.39 is 61.7 Å². The van der Waals surface area contributed by atoms with E-state index in [9.17, 15) is 24.1 Å². The number of H-pyrrole nitrogens is 1. The largest absolute Gasteiger partial charge is 0.465 e. The maximum Gasteiger partial charge on any atom is 0.459 e. The van der Waals surface area contributed by atoms with Gasteiger partial charge in [-0.25, -0.2) is 9.36 Å². The lowest BCUT2D eigenvalue weighted by molar-refractivity contribution is -0.227. The molecule has 2 saturated heterocycles. The molecule has 2 aromatic rings. The van der Waals surface area contributed by atoms with Crippen LogP contribution in [0.2, 0.25) is 0 Å². The molecule has 14 heteroatoms. The van der Waals surface area contributed by atoms with Crippen molar-refractivity contribution < 1.29 is 37.7 Å². The van der Waals surface area contributed by atoms with Gasteiger partial charge in [-0.15, -0.1) is 0 Å². The Kier molecular flexibility index (Phi) is 8.86. The lowest BCUT2D eigenvalue weighted by atomic mass is 9.86. The van der Waals surface area contributed by atoms with Crippen molar-refractivity contribution in [3.05, 3.63) is 63.4 Å². The molecule has 2 fully saturated rings. The number of hydrogen-bond acceptors (Lipinski definition) is 10. The SMILES string of the molecule is CCCCOC(=O)[C@H](C)N[P@](=O)(OC[C@H]1O[C@@H](n2ccc(=O)[nH]c2=O)[C@@]2(CCO2)[C@@H]1O)Oc1ccccc1. The summed E-state index contributed by atoms with van der Waals surface area (Å²) < 4.78 is 43.0. The molecule has 0 radical (unpaired) electrons. The minimum absolute atomic E-state index is 0.222. The van der Waals surface area contributed by atoms with Crippen LogP contribution >= 0.6 is 7.75 Å². The Hall–Kier alpha value is -2.80. The zero-order valence-electron chi connectivity index (χ0n) is 21.1. The Labute approximate surface area is 218 Å². The van der Waals surface area contributed by atoms with E-state index in [1.807, 2.05) is 6.92 Å². The molecule has 0 amide bonds. The number of aliphatic hydroxyl groups is 1. The van der Waals surface area contributed by atoms with Crippen LogP contribution in [-0.4, -0.2) is 64.3 Å². The molecular formula is C24H32N3O10P. The second kappa shape index (κ2) is 11.9. The summed E-state index contributed by atoms with van der Waals surface area (Å²) in [6, 6.07) is 8.35. The Balaban J connectivity index is 1.51. The van der Waals surface area contributed by atoms with Crippen LogP contribution in [-0.2, 0) is 28.1 Å². The van der Waals surface area contributed by atoms with E-state index in [1.165, 1.54) is 13.1 Å². The number of carbonyl (C=O) groups excluding carboxylic acids is 1. The molecule has 0 bridgehead atoms. The summed E-state index contributed by atoms with van der Waals surface area (Å²) >= 11 is 0. The number of esters is 1. The predicted molar refractivity (Wildman–Crippen MR) is 134 cm³/mol. The van der Waals surface area contributed by atoms with Gasteiger partial charge in [0.1, 0.15) is 29.6 Å². The highest BCUT2D eigenvalue weighted by Crippen LogP contribution is 2.50.